The zero-order chi connectivity index (χ0) is 18.1. The Kier molecular flexibility index (Phi) is 5.11. The van der Waals surface area contributed by atoms with Crippen LogP contribution in [0.15, 0.2) is 24.3 Å². The van der Waals surface area contributed by atoms with Crippen molar-refractivity contribution in [1.82, 2.24) is 0 Å². The van der Waals surface area contributed by atoms with Gasteiger partial charge in [-0.1, -0.05) is 6.07 Å². The van der Waals surface area contributed by atoms with E-state index in [9.17, 15) is 33.0 Å². The second kappa shape index (κ2) is 6.75. The van der Waals surface area contributed by atoms with Gasteiger partial charge in [0.1, 0.15) is 12.2 Å². The Morgan fingerprint density at radius 3 is 2.62 bits per heavy atom. The average Bonchev–Trinajstić information content (AvgIpc) is 2.81. The van der Waals surface area contributed by atoms with Gasteiger partial charge >= 0.3 is 18.1 Å². The number of halogens is 3. The normalized spacial score (nSPS) is 25.2. The van der Waals surface area contributed by atoms with Crippen molar-refractivity contribution in [2.24, 2.45) is 0 Å². The summed E-state index contributed by atoms with van der Waals surface area (Å²) in [4.78, 5) is 23.5. The molecule has 3 N–H and O–H groups in total. The molecule has 1 heterocycles. The van der Waals surface area contributed by atoms with Gasteiger partial charge in [0.2, 0.25) is 6.10 Å². The molecule has 7 nitrogen and oxygen atoms in total. The first kappa shape index (κ1) is 18.2. The van der Waals surface area contributed by atoms with Gasteiger partial charge < -0.3 is 24.8 Å². The Hall–Kier alpha value is -2.17. The molecule has 1 unspecified atom stereocenters. The van der Waals surface area contributed by atoms with Gasteiger partial charge in [-0.2, -0.15) is 13.2 Å². The monoisotopic (exact) mass is 350 g/mol. The molecule has 4 atom stereocenters. The van der Waals surface area contributed by atoms with Crippen molar-refractivity contribution in [1.29, 1.82) is 0 Å². The molecule has 0 bridgehead atoms. The zero-order valence-corrected chi connectivity index (χ0v) is 11.9. The van der Waals surface area contributed by atoms with E-state index in [4.69, 9.17) is 9.84 Å². The van der Waals surface area contributed by atoms with E-state index in [-0.39, 0.29) is 0 Å². The standard InChI is InChI=1S/C14H13F3O7/c15-14(16,17)7-3-1-2-6(4-7)12(21)24-11-9(20)10(8(19)5-18)23-13(11)22/h1-4,8-11,18-20H,5H2/t8?,9-,10-,11+/m0/s1. The SMILES string of the molecule is O=C(O[C@H]1C(=O)O[C@@H](C(O)CO)[C@@H]1O)c1cccc(C(F)(F)F)c1. The lowest BCUT2D eigenvalue weighted by atomic mass is 10.1. The number of cyclic esters (lactones) is 1. The van der Waals surface area contributed by atoms with Crippen LogP contribution in [-0.4, -0.2) is 58.3 Å². The topological polar surface area (TPSA) is 113 Å². The first-order chi connectivity index (χ1) is 11.1. The van der Waals surface area contributed by atoms with Crippen molar-refractivity contribution >= 4 is 11.9 Å². The lowest BCUT2D eigenvalue weighted by Crippen LogP contribution is -2.42. The number of hydrogen-bond donors (Lipinski definition) is 3. The van der Waals surface area contributed by atoms with Gasteiger partial charge in [0.25, 0.3) is 0 Å². The van der Waals surface area contributed by atoms with E-state index in [0.717, 1.165) is 18.2 Å². The quantitative estimate of drug-likeness (QED) is 0.648. The van der Waals surface area contributed by atoms with E-state index in [1.54, 1.807) is 0 Å². The number of rotatable bonds is 4. The molecule has 24 heavy (non-hydrogen) atoms. The number of esters is 2. The molecule has 0 spiro atoms. The minimum atomic E-state index is -4.67. The van der Waals surface area contributed by atoms with Crippen molar-refractivity contribution in [3.63, 3.8) is 0 Å². The molecule has 1 saturated heterocycles. The fourth-order valence-corrected chi connectivity index (χ4v) is 2.12. The van der Waals surface area contributed by atoms with Crippen LogP contribution in [0.2, 0.25) is 0 Å². The molecule has 1 fully saturated rings. The van der Waals surface area contributed by atoms with Crippen LogP contribution in [0, 0.1) is 0 Å². The highest BCUT2D eigenvalue weighted by molar-refractivity contribution is 5.92. The van der Waals surface area contributed by atoms with Gasteiger partial charge in [0, 0.05) is 0 Å². The number of alkyl halides is 3. The first-order valence-electron chi connectivity index (χ1n) is 6.71. The summed E-state index contributed by atoms with van der Waals surface area (Å²) >= 11 is 0. The largest absolute Gasteiger partial charge is 0.454 e. The first-order valence-corrected chi connectivity index (χ1v) is 6.71. The average molecular weight is 350 g/mol. The summed E-state index contributed by atoms with van der Waals surface area (Å²) in [5, 5.41) is 28.0. The second-order valence-electron chi connectivity index (χ2n) is 5.05. The Morgan fingerprint density at radius 1 is 1.38 bits per heavy atom. The molecule has 132 valence electrons. The van der Waals surface area contributed by atoms with Crippen LogP contribution in [0.4, 0.5) is 13.2 Å². The summed E-state index contributed by atoms with van der Waals surface area (Å²) < 4.78 is 47.2. The number of carbonyl (C=O) groups excluding carboxylic acids is 2. The third-order valence-corrected chi connectivity index (χ3v) is 3.36. The molecule has 10 heteroatoms. The number of aliphatic hydroxyl groups is 3. The Balaban J connectivity index is 2.14. The summed E-state index contributed by atoms with van der Waals surface area (Å²) in [5.41, 5.74) is -1.56. The maximum Gasteiger partial charge on any atom is 0.416 e. The van der Waals surface area contributed by atoms with Crippen LogP contribution in [0.25, 0.3) is 0 Å². The maximum atomic E-state index is 12.6. The minimum absolute atomic E-state index is 0.476. The van der Waals surface area contributed by atoms with Crippen molar-refractivity contribution in [3.8, 4) is 0 Å². The fraction of sp³-hybridized carbons (Fsp3) is 0.429. The highest BCUT2D eigenvalue weighted by Crippen LogP contribution is 2.30. The Morgan fingerprint density at radius 2 is 2.04 bits per heavy atom. The Bertz CT molecular complexity index is 631. The van der Waals surface area contributed by atoms with E-state index >= 15 is 0 Å². The van der Waals surface area contributed by atoms with Gasteiger partial charge in [-0.3, -0.25) is 0 Å². The predicted molar refractivity (Wildman–Crippen MR) is 69.6 cm³/mol. The Labute approximate surface area is 133 Å². The third kappa shape index (κ3) is 3.66. The number of carbonyl (C=O) groups is 2. The van der Waals surface area contributed by atoms with Gasteiger partial charge in [-0.25, -0.2) is 9.59 Å². The molecule has 0 aliphatic carbocycles. The summed E-state index contributed by atoms with van der Waals surface area (Å²) in [6.07, 6.45) is -11.4. The molecule has 1 aromatic carbocycles. The molecule has 1 aromatic rings. The van der Waals surface area contributed by atoms with E-state index in [0.29, 0.717) is 6.07 Å². The van der Waals surface area contributed by atoms with Crippen molar-refractivity contribution in [3.05, 3.63) is 35.4 Å². The third-order valence-electron chi connectivity index (χ3n) is 3.36. The van der Waals surface area contributed by atoms with Gasteiger partial charge in [0.05, 0.1) is 17.7 Å². The number of hydrogen-bond acceptors (Lipinski definition) is 7. The highest BCUT2D eigenvalue weighted by Gasteiger charge is 2.49. The van der Waals surface area contributed by atoms with Crippen LogP contribution in [0.3, 0.4) is 0 Å². The van der Waals surface area contributed by atoms with Crippen LogP contribution in [-0.2, 0) is 20.4 Å². The maximum absolute atomic E-state index is 12.6. The highest BCUT2D eigenvalue weighted by atomic mass is 19.4. The molecule has 0 aromatic heterocycles. The molecule has 2 rings (SSSR count). The van der Waals surface area contributed by atoms with Gasteiger partial charge in [0.15, 0.2) is 6.10 Å². The molecule has 0 saturated carbocycles. The number of aliphatic hydroxyl groups excluding tert-OH is 3. The molecular weight excluding hydrogens is 337 g/mol. The summed E-state index contributed by atoms with van der Waals surface area (Å²) in [6, 6.07) is 3.32. The van der Waals surface area contributed by atoms with Crippen LogP contribution < -0.4 is 0 Å². The smallest absolute Gasteiger partial charge is 0.416 e. The van der Waals surface area contributed by atoms with E-state index in [1.165, 1.54) is 0 Å². The summed E-state index contributed by atoms with van der Waals surface area (Å²) in [6.45, 7) is -0.816. The van der Waals surface area contributed by atoms with E-state index in [1.807, 2.05) is 0 Å². The van der Waals surface area contributed by atoms with Crippen molar-refractivity contribution in [2.75, 3.05) is 6.61 Å². The lowest BCUT2D eigenvalue weighted by molar-refractivity contribution is -0.151. The summed E-state index contributed by atoms with van der Waals surface area (Å²) in [5.74, 6) is -2.46. The van der Waals surface area contributed by atoms with Crippen molar-refractivity contribution in [2.45, 2.75) is 30.6 Å². The zero-order valence-electron chi connectivity index (χ0n) is 11.9. The molecule has 0 radical (unpaired) electrons. The predicted octanol–water partition coefficient (Wildman–Crippen LogP) is -0.130. The minimum Gasteiger partial charge on any atom is -0.454 e. The second-order valence-corrected chi connectivity index (χ2v) is 5.05. The van der Waals surface area contributed by atoms with E-state index < -0.39 is 60.3 Å². The summed E-state index contributed by atoms with van der Waals surface area (Å²) in [7, 11) is 0. The fourth-order valence-electron chi connectivity index (χ4n) is 2.12. The van der Waals surface area contributed by atoms with Crippen LogP contribution in [0.5, 0.6) is 0 Å². The molecule has 0 amide bonds. The molecular formula is C14H13F3O7. The molecule has 1 aliphatic rings. The van der Waals surface area contributed by atoms with Crippen molar-refractivity contribution < 1.29 is 47.6 Å². The van der Waals surface area contributed by atoms with Crippen LogP contribution >= 0.6 is 0 Å². The lowest BCUT2D eigenvalue weighted by Gasteiger charge is -2.19. The molecule has 1 aliphatic heterocycles. The van der Waals surface area contributed by atoms with E-state index in [2.05, 4.69) is 4.74 Å². The number of benzene rings is 1. The van der Waals surface area contributed by atoms with Gasteiger partial charge in [-0.15, -0.1) is 0 Å². The number of ether oxygens (including phenoxy) is 2. The van der Waals surface area contributed by atoms with Crippen LogP contribution in [0.1, 0.15) is 15.9 Å². The van der Waals surface area contributed by atoms with Gasteiger partial charge in [-0.05, 0) is 18.2 Å².